The summed E-state index contributed by atoms with van der Waals surface area (Å²) >= 11 is 0. The van der Waals surface area contributed by atoms with Gasteiger partial charge in [-0.25, -0.2) is 0 Å². The minimum absolute atomic E-state index is 0.366. The Bertz CT molecular complexity index is 889. The van der Waals surface area contributed by atoms with Gasteiger partial charge in [-0.3, -0.25) is 4.79 Å². The Kier molecular flexibility index (Phi) is 4.74. The Morgan fingerprint density at radius 3 is 1.92 bits per heavy atom. The number of nitrogens with two attached hydrogens (primary N) is 1. The van der Waals surface area contributed by atoms with E-state index in [1.807, 2.05) is 84.9 Å². The van der Waals surface area contributed by atoms with Gasteiger partial charge in [0, 0.05) is 11.1 Å². The van der Waals surface area contributed by atoms with Crippen molar-refractivity contribution in [2.45, 2.75) is 5.92 Å². The fourth-order valence-electron chi connectivity index (χ4n) is 2.63. The molecule has 116 valence electrons. The summed E-state index contributed by atoms with van der Waals surface area (Å²) in [5.74, 6) is 5.44. The molecular weight excluding hydrogens is 294 g/mol. The van der Waals surface area contributed by atoms with Crippen molar-refractivity contribution in [3.8, 4) is 11.8 Å². The third-order valence-electron chi connectivity index (χ3n) is 3.76. The van der Waals surface area contributed by atoms with Gasteiger partial charge >= 0.3 is 0 Å². The summed E-state index contributed by atoms with van der Waals surface area (Å²) in [7, 11) is 0. The van der Waals surface area contributed by atoms with E-state index < -0.39 is 5.92 Å². The fourth-order valence-corrected chi connectivity index (χ4v) is 2.63. The zero-order valence-corrected chi connectivity index (χ0v) is 13.1. The molecular formula is C22H17NO. The van der Waals surface area contributed by atoms with Crippen molar-refractivity contribution in [1.29, 1.82) is 0 Å². The molecule has 0 aliphatic rings. The topological polar surface area (TPSA) is 43.1 Å². The molecule has 1 atom stereocenters. The molecule has 1 unspecified atom stereocenters. The van der Waals surface area contributed by atoms with Crippen LogP contribution in [-0.4, -0.2) is 5.91 Å². The molecule has 0 saturated heterocycles. The van der Waals surface area contributed by atoms with Crippen LogP contribution in [0.4, 0.5) is 0 Å². The lowest BCUT2D eigenvalue weighted by Gasteiger charge is -2.14. The number of carbonyl (C=O) groups excluding carboxylic acids is 1. The first-order chi connectivity index (χ1) is 11.7. The van der Waals surface area contributed by atoms with Crippen molar-refractivity contribution >= 4 is 5.91 Å². The first kappa shape index (κ1) is 15.6. The van der Waals surface area contributed by atoms with Crippen LogP contribution in [0.1, 0.15) is 28.2 Å². The summed E-state index contributed by atoms with van der Waals surface area (Å²) in [6.07, 6.45) is 0. The number of amides is 1. The van der Waals surface area contributed by atoms with Crippen LogP contribution < -0.4 is 5.73 Å². The highest BCUT2D eigenvalue weighted by atomic mass is 16.1. The van der Waals surface area contributed by atoms with E-state index in [1.165, 1.54) is 0 Å². The van der Waals surface area contributed by atoms with E-state index in [2.05, 4.69) is 11.8 Å². The van der Waals surface area contributed by atoms with Crippen LogP contribution >= 0.6 is 0 Å². The molecule has 1 amide bonds. The molecule has 3 aromatic carbocycles. The van der Waals surface area contributed by atoms with Gasteiger partial charge in [0.2, 0.25) is 5.91 Å². The molecule has 0 aliphatic heterocycles. The van der Waals surface area contributed by atoms with Gasteiger partial charge in [0.15, 0.2) is 0 Å². The van der Waals surface area contributed by atoms with Gasteiger partial charge in [0.25, 0.3) is 0 Å². The maximum absolute atomic E-state index is 12.0. The van der Waals surface area contributed by atoms with Gasteiger partial charge in [-0.05, 0) is 35.4 Å². The average Bonchev–Trinajstić information content (AvgIpc) is 2.62. The highest BCUT2D eigenvalue weighted by Crippen LogP contribution is 2.24. The molecule has 0 saturated carbocycles. The molecule has 2 N–H and O–H groups in total. The molecule has 0 bridgehead atoms. The summed E-state index contributed by atoms with van der Waals surface area (Å²) in [4.78, 5) is 12.0. The largest absolute Gasteiger partial charge is 0.369 e. The van der Waals surface area contributed by atoms with Gasteiger partial charge in [-0.15, -0.1) is 0 Å². The lowest BCUT2D eigenvalue weighted by Crippen LogP contribution is -2.22. The molecule has 0 aliphatic carbocycles. The third-order valence-corrected chi connectivity index (χ3v) is 3.76. The quantitative estimate of drug-likeness (QED) is 0.736. The second-order valence-electron chi connectivity index (χ2n) is 5.49. The molecule has 0 spiro atoms. The monoisotopic (exact) mass is 311 g/mol. The molecule has 0 radical (unpaired) electrons. The highest BCUT2D eigenvalue weighted by molar-refractivity contribution is 5.85. The van der Waals surface area contributed by atoms with Crippen molar-refractivity contribution in [2.24, 2.45) is 5.73 Å². The molecule has 3 rings (SSSR count). The van der Waals surface area contributed by atoms with E-state index in [0.29, 0.717) is 0 Å². The molecule has 2 nitrogen and oxygen atoms in total. The Morgan fingerprint density at radius 1 is 0.708 bits per heavy atom. The van der Waals surface area contributed by atoms with Crippen molar-refractivity contribution in [3.05, 3.63) is 107 Å². The summed E-state index contributed by atoms with van der Waals surface area (Å²) in [6, 6.07) is 27.1. The molecule has 3 aromatic rings. The Balaban J connectivity index is 1.95. The summed E-state index contributed by atoms with van der Waals surface area (Å²) in [5.41, 5.74) is 9.20. The van der Waals surface area contributed by atoms with Gasteiger partial charge in [0.1, 0.15) is 0 Å². The highest BCUT2D eigenvalue weighted by Gasteiger charge is 2.19. The van der Waals surface area contributed by atoms with E-state index in [4.69, 9.17) is 5.73 Å². The minimum atomic E-state index is -0.468. The van der Waals surface area contributed by atoms with Crippen LogP contribution in [0.2, 0.25) is 0 Å². The Morgan fingerprint density at radius 2 is 1.25 bits per heavy atom. The lowest BCUT2D eigenvalue weighted by atomic mass is 9.90. The number of hydrogen-bond donors (Lipinski definition) is 1. The van der Waals surface area contributed by atoms with Crippen LogP contribution in [-0.2, 0) is 4.79 Å². The number of hydrogen-bond acceptors (Lipinski definition) is 1. The standard InChI is InChI=1S/C22H17NO/c23-22(24)21(19-11-5-2-6-12-19)20-13-7-10-18(16-20)15-14-17-8-3-1-4-9-17/h1-13,16,21H,(H2,23,24). The minimum Gasteiger partial charge on any atom is -0.369 e. The molecule has 0 heterocycles. The molecule has 0 aromatic heterocycles. The summed E-state index contributed by atoms with van der Waals surface area (Å²) < 4.78 is 0. The van der Waals surface area contributed by atoms with Gasteiger partial charge in [0.05, 0.1) is 5.92 Å². The smallest absolute Gasteiger partial charge is 0.229 e. The number of rotatable bonds is 3. The number of benzene rings is 3. The zero-order valence-electron chi connectivity index (χ0n) is 13.1. The van der Waals surface area contributed by atoms with E-state index in [1.54, 1.807) is 0 Å². The number of primary amides is 1. The maximum atomic E-state index is 12.0. The first-order valence-corrected chi connectivity index (χ1v) is 7.75. The van der Waals surface area contributed by atoms with Gasteiger partial charge < -0.3 is 5.73 Å². The average molecular weight is 311 g/mol. The second kappa shape index (κ2) is 7.30. The Labute approximate surface area is 142 Å². The van der Waals surface area contributed by atoms with Crippen molar-refractivity contribution in [3.63, 3.8) is 0 Å². The van der Waals surface area contributed by atoms with Crippen LogP contribution in [0.15, 0.2) is 84.9 Å². The van der Waals surface area contributed by atoms with E-state index in [-0.39, 0.29) is 5.91 Å². The SMILES string of the molecule is NC(=O)C(c1ccccc1)c1cccc(C#Cc2ccccc2)c1. The van der Waals surface area contributed by atoms with Crippen molar-refractivity contribution in [1.82, 2.24) is 0 Å². The summed E-state index contributed by atoms with van der Waals surface area (Å²) in [6.45, 7) is 0. The van der Waals surface area contributed by atoms with Crippen LogP contribution in [0, 0.1) is 11.8 Å². The van der Waals surface area contributed by atoms with Crippen molar-refractivity contribution < 1.29 is 4.79 Å². The predicted molar refractivity (Wildman–Crippen MR) is 96.3 cm³/mol. The van der Waals surface area contributed by atoms with Crippen molar-refractivity contribution in [2.75, 3.05) is 0 Å². The van der Waals surface area contributed by atoms with Gasteiger partial charge in [-0.2, -0.15) is 0 Å². The summed E-state index contributed by atoms with van der Waals surface area (Å²) in [5, 5.41) is 0. The first-order valence-electron chi connectivity index (χ1n) is 7.75. The molecule has 2 heteroatoms. The van der Waals surface area contributed by atoms with Gasteiger partial charge in [-0.1, -0.05) is 72.5 Å². The Hall–Kier alpha value is -3.31. The normalized spacial score (nSPS) is 11.2. The number of carbonyl (C=O) groups is 1. The third kappa shape index (κ3) is 3.71. The second-order valence-corrected chi connectivity index (χ2v) is 5.49. The molecule has 0 fully saturated rings. The maximum Gasteiger partial charge on any atom is 0.229 e. The van der Waals surface area contributed by atoms with Crippen LogP contribution in [0.5, 0.6) is 0 Å². The lowest BCUT2D eigenvalue weighted by molar-refractivity contribution is -0.118. The zero-order chi connectivity index (χ0) is 16.8. The predicted octanol–water partition coefficient (Wildman–Crippen LogP) is 3.70. The van der Waals surface area contributed by atoms with E-state index in [0.717, 1.165) is 22.3 Å². The van der Waals surface area contributed by atoms with E-state index >= 15 is 0 Å². The van der Waals surface area contributed by atoms with Crippen LogP contribution in [0.25, 0.3) is 0 Å². The van der Waals surface area contributed by atoms with Crippen LogP contribution in [0.3, 0.4) is 0 Å². The van der Waals surface area contributed by atoms with E-state index in [9.17, 15) is 4.79 Å². The molecule has 24 heavy (non-hydrogen) atoms. The fraction of sp³-hybridized carbons (Fsp3) is 0.0455.